The van der Waals surface area contributed by atoms with Gasteiger partial charge in [0, 0.05) is 6.07 Å². The van der Waals surface area contributed by atoms with Crippen molar-refractivity contribution in [2.24, 2.45) is 0 Å². The Balaban J connectivity index is 2.16. The third kappa shape index (κ3) is 5.03. The number of anilines is 1. The van der Waals surface area contributed by atoms with Crippen LogP contribution in [0.4, 0.5) is 5.69 Å². The first-order chi connectivity index (χ1) is 12.0. The van der Waals surface area contributed by atoms with E-state index in [1.807, 2.05) is 25.1 Å². The van der Waals surface area contributed by atoms with Gasteiger partial charge >= 0.3 is 0 Å². The molecule has 2 rings (SSSR count). The predicted octanol–water partition coefficient (Wildman–Crippen LogP) is 6.58. The normalized spacial score (nSPS) is 13.5. The lowest BCUT2D eigenvalue weighted by Crippen LogP contribution is -2.40. The summed E-state index contributed by atoms with van der Waals surface area (Å²) in [5.41, 5.74) is 8.68. The summed E-state index contributed by atoms with van der Waals surface area (Å²) in [6, 6.07) is 13.6. The van der Waals surface area contributed by atoms with Crippen LogP contribution in [-0.4, -0.2) is 8.32 Å². The van der Waals surface area contributed by atoms with E-state index in [0.29, 0.717) is 23.1 Å². The fourth-order valence-corrected chi connectivity index (χ4v) is 3.47. The predicted molar refractivity (Wildman–Crippen MR) is 113 cm³/mol. The minimum atomic E-state index is -1.81. The van der Waals surface area contributed by atoms with Crippen LogP contribution >= 0.6 is 11.6 Å². The fourth-order valence-electron chi connectivity index (χ4n) is 2.40. The topological polar surface area (TPSA) is 44.5 Å². The quantitative estimate of drug-likeness (QED) is 0.446. The summed E-state index contributed by atoms with van der Waals surface area (Å²) in [5, 5.41) is 0.721. The molecule has 3 nitrogen and oxygen atoms in total. The molecule has 2 aromatic carbocycles. The van der Waals surface area contributed by atoms with E-state index in [4.69, 9.17) is 26.5 Å². The van der Waals surface area contributed by atoms with Crippen LogP contribution in [-0.2, 0) is 11.0 Å². The summed E-state index contributed by atoms with van der Waals surface area (Å²) >= 11 is 5.99. The van der Waals surface area contributed by atoms with E-state index >= 15 is 0 Å². The van der Waals surface area contributed by atoms with E-state index in [2.05, 4.69) is 46.0 Å². The molecule has 0 aromatic heterocycles. The van der Waals surface area contributed by atoms with Gasteiger partial charge in [0.15, 0.2) is 8.32 Å². The molecule has 0 bridgehead atoms. The largest absolute Gasteiger partial charge is 0.486 e. The zero-order chi connectivity index (χ0) is 19.5. The summed E-state index contributed by atoms with van der Waals surface area (Å²) in [6.07, 6.45) is -0.116. The van der Waals surface area contributed by atoms with Crippen molar-refractivity contribution in [3.63, 3.8) is 0 Å². The number of benzene rings is 2. The molecule has 0 radical (unpaired) electrons. The van der Waals surface area contributed by atoms with Crippen LogP contribution in [0, 0.1) is 0 Å². The molecule has 2 N–H and O–H groups in total. The molecular formula is C21H30ClNO2Si. The van der Waals surface area contributed by atoms with Crippen molar-refractivity contribution in [2.45, 2.75) is 58.5 Å². The molecule has 5 heteroatoms. The Morgan fingerprint density at radius 1 is 1.12 bits per heavy atom. The molecule has 142 valence electrons. The summed E-state index contributed by atoms with van der Waals surface area (Å²) in [4.78, 5) is 0. The molecule has 0 aliphatic carbocycles. The maximum atomic E-state index is 6.40. The molecule has 0 heterocycles. The second-order valence-corrected chi connectivity index (χ2v) is 13.4. The summed E-state index contributed by atoms with van der Waals surface area (Å²) in [6.45, 7) is 13.9. The number of nitrogens with two attached hydrogens (primary N) is 1. The highest BCUT2D eigenvalue weighted by atomic mass is 35.5. The molecule has 2 aromatic rings. The fraction of sp³-hybridized carbons (Fsp3) is 0.429. The van der Waals surface area contributed by atoms with Crippen LogP contribution in [0.15, 0.2) is 42.5 Å². The van der Waals surface area contributed by atoms with Crippen molar-refractivity contribution in [3.05, 3.63) is 58.6 Å². The number of halogens is 1. The van der Waals surface area contributed by atoms with E-state index < -0.39 is 8.32 Å². The maximum absolute atomic E-state index is 6.40. The lowest BCUT2D eigenvalue weighted by atomic mass is 10.0. The van der Waals surface area contributed by atoms with Gasteiger partial charge in [0.25, 0.3) is 0 Å². The number of nitrogen functional groups attached to an aromatic ring is 1. The van der Waals surface area contributed by atoms with Crippen molar-refractivity contribution >= 4 is 25.6 Å². The highest BCUT2D eigenvalue weighted by Gasteiger charge is 2.37. The van der Waals surface area contributed by atoms with E-state index in [0.717, 1.165) is 11.1 Å². The molecule has 0 fully saturated rings. The van der Waals surface area contributed by atoms with Gasteiger partial charge in [-0.05, 0) is 48.3 Å². The second kappa shape index (κ2) is 8.03. The lowest BCUT2D eigenvalue weighted by molar-refractivity contribution is 0.219. The Bertz CT molecular complexity index is 756. The molecule has 0 aliphatic rings. The van der Waals surface area contributed by atoms with Crippen molar-refractivity contribution in [2.75, 3.05) is 5.73 Å². The van der Waals surface area contributed by atoms with Gasteiger partial charge in [0.05, 0.1) is 17.3 Å². The first-order valence-electron chi connectivity index (χ1n) is 8.95. The van der Waals surface area contributed by atoms with Crippen LogP contribution in [0.25, 0.3) is 0 Å². The van der Waals surface area contributed by atoms with Gasteiger partial charge < -0.3 is 14.9 Å². The number of rotatable bonds is 6. The SMILES string of the molecule is CC(Oc1ccc(Cl)c(N)c1)c1ccccc1CO[Si](C)(C)C(C)(C)C. The molecule has 0 amide bonds. The molecule has 0 saturated carbocycles. The Morgan fingerprint density at radius 2 is 1.77 bits per heavy atom. The van der Waals surface area contributed by atoms with Gasteiger partial charge in [-0.2, -0.15) is 0 Å². The highest BCUT2D eigenvalue weighted by Crippen LogP contribution is 2.37. The van der Waals surface area contributed by atoms with Gasteiger partial charge in [-0.1, -0.05) is 56.6 Å². The Morgan fingerprint density at radius 3 is 2.38 bits per heavy atom. The third-order valence-corrected chi connectivity index (χ3v) is 9.99. The molecule has 0 aliphatic heterocycles. The minimum Gasteiger partial charge on any atom is -0.486 e. The van der Waals surface area contributed by atoms with E-state index in [9.17, 15) is 0 Å². The van der Waals surface area contributed by atoms with E-state index in [1.54, 1.807) is 12.1 Å². The Kier molecular flexibility index (Phi) is 6.43. The van der Waals surface area contributed by atoms with Crippen LogP contribution in [0.5, 0.6) is 5.75 Å². The van der Waals surface area contributed by atoms with Gasteiger partial charge in [-0.3, -0.25) is 0 Å². The summed E-state index contributed by atoms with van der Waals surface area (Å²) in [7, 11) is -1.81. The second-order valence-electron chi connectivity index (χ2n) is 8.19. The van der Waals surface area contributed by atoms with Gasteiger partial charge in [0.1, 0.15) is 11.9 Å². The molecule has 26 heavy (non-hydrogen) atoms. The zero-order valence-electron chi connectivity index (χ0n) is 16.6. The zero-order valence-corrected chi connectivity index (χ0v) is 18.4. The lowest BCUT2D eigenvalue weighted by Gasteiger charge is -2.36. The monoisotopic (exact) mass is 391 g/mol. The Hall–Kier alpha value is -1.49. The standard InChI is InChI=1S/C21H30ClNO2Si/c1-15(25-17-11-12-19(22)20(23)13-17)18-10-8-7-9-16(18)14-24-26(5,6)21(2,3)4/h7-13,15H,14,23H2,1-6H3. The molecule has 1 unspecified atom stereocenters. The summed E-state index contributed by atoms with van der Waals surface area (Å²) in [5.74, 6) is 0.708. The molecular weight excluding hydrogens is 362 g/mol. The van der Waals surface area contributed by atoms with Crippen LogP contribution in [0.3, 0.4) is 0 Å². The highest BCUT2D eigenvalue weighted by molar-refractivity contribution is 6.74. The third-order valence-electron chi connectivity index (χ3n) is 5.17. The average molecular weight is 392 g/mol. The van der Waals surface area contributed by atoms with Crippen molar-refractivity contribution < 1.29 is 9.16 Å². The van der Waals surface area contributed by atoms with E-state index in [-0.39, 0.29) is 11.1 Å². The number of hydrogen-bond donors (Lipinski definition) is 1. The molecule has 1 atom stereocenters. The molecule has 0 spiro atoms. The van der Waals surface area contributed by atoms with Gasteiger partial charge in [-0.25, -0.2) is 0 Å². The smallest absolute Gasteiger partial charge is 0.192 e. The first kappa shape index (κ1) is 20.8. The molecule has 0 saturated heterocycles. The van der Waals surface area contributed by atoms with Crippen LogP contribution in [0.2, 0.25) is 23.2 Å². The minimum absolute atomic E-state index is 0.116. The van der Waals surface area contributed by atoms with Gasteiger partial charge in [-0.15, -0.1) is 0 Å². The van der Waals surface area contributed by atoms with Crippen molar-refractivity contribution in [1.29, 1.82) is 0 Å². The van der Waals surface area contributed by atoms with Crippen molar-refractivity contribution in [3.8, 4) is 5.75 Å². The summed E-state index contributed by atoms with van der Waals surface area (Å²) < 4.78 is 12.5. The van der Waals surface area contributed by atoms with Crippen LogP contribution < -0.4 is 10.5 Å². The Labute approximate surface area is 163 Å². The van der Waals surface area contributed by atoms with E-state index in [1.165, 1.54) is 0 Å². The average Bonchev–Trinajstić information content (AvgIpc) is 2.55. The number of hydrogen-bond acceptors (Lipinski definition) is 3. The van der Waals surface area contributed by atoms with Gasteiger partial charge in [0.2, 0.25) is 0 Å². The number of ether oxygens (including phenoxy) is 1. The van der Waals surface area contributed by atoms with Crippen LogP contribution in [0.1, 0.15) is 44.9 Å². The maximum Gasteiger partial charge on any atom is 0.192 e. The van der Waals surface area contributed by atoms with Crippen molar-refractivity contribution in [1.82, 2.24) is 0 Å². The first-order valence-corrected chi connectivity index (χ1v) is 12.2.